The van der Waals surface area contributed by atoms with Crippen LogP contribution in [-0.4, -0.2) is 33.5 Å². The number of hydrogen-bond donors (Lipinski definition) is 2. The molecule has 1 aromatic carbocycles. The number of benzene rings is 1. The summed E-state index contributed by atoms with van der Waals surface area (Å²) in [4.78, 5) is 23.6. The first-order valence-electron chi connectivity index (χ1n) is 7.13. The van der Waals surface area contributed by atoms with Gasteiger partial charge in [-0.3, -0.25) is 14.9 Å². The predicted octanol–water partition coefficient (Wildman–Crippen LogP) is 2.72. The number of nitrogens with zero attached hydrogens (tertiary/aromatic N) is 2. The molecule has 0 unspecified atom stereocenters. The first-order valence-corrected chi connectivity index (χ1v) is 9.10. The number of aryl methyl sites for hydroxylation is 2. The van der Waals surface area contributed by atoms with Gasteiger partial charge in [-0.2, -0.15) is 0 Å². The highest BCUT2D eigenvalue weighted by molar-refractivity contribution is 8.00. The minimum absolute atomic E-state index is 0.129. The summed E-state index contributed by atoms with van der Waals surface area (Å²) < 4.78 is 0. The Morgan fingerprint density at radius 2 is 1.74 bits per heavy atom. The number of hydrogen-bond acceptors (Lipinski definition) is 6. The number of aromatic nitrogens is 2. The average molecular weight is 350 g/mol. The van der Waals surface area contributed by atoms with Crippen LogP contribution in [0.3, 0.4) is 0 Å². The average Bonchev–Trinajstić information content (AvgIpc) is 2.97. The van der Waals surface area contributed by atoms with Gasteiger partial charge >= 0.3 is 0 Å². The first-order chi connectivity index (χ1) is 11.1. The molecule has 0 atom stereocenters. The van der Waals surface area contributed by atoms with Crippen molar-refractivity contribution >= 4 is 45.7 Å². The van der Waals surface area contributed by atoms with Crippen molar-refractivity contribution in [3.8, 4) is 0 Å². The number of carbonyl (C=O) groups excluding carboxylic acids is 2. The summed E-state index contributed by atoms with van der Waals surface area (Å²) in [6, 6.07) is 7.57. The van der Waals surface area contributed by atoms with Gasteiger partial charge in [0, 0.05) is 5.69 Å². The highest BCUT2D eigenvalue weighted by Gasteiger charge is 2.09. The summed E-state index contributed by atoms with van der Waals surface area (Å²) in [6.07, 6.45) is 0.793. The van der Waals surface area contributed by atoms with Gasteiger partial charge in [0.25, 0.3) is 0 Å². The van der Waals surface area contributed by atoms with Crippen LogP contribution in [0.15, 0.2) is 24.3 Å². The van der Waals surface area contributed by atoms with Crippen molar-refractivity contribution in [1.29, 1.82) is 0 Å². The van der Waals surface area contributed by atoms with Gasteiger partial charge in [-0.05, 0) is 25.5 Å². The maximum atomic E-state index is 11.8. The van der Waals surface area contributed by atoms with Gasteiger partial charge in [0.05, 0.1) is 11.5 Å². The Morgan fingerprint density at radius 1 is 1.09 bits per heavy atom. The third-order valence-corrected chi connectivity index (χ3v) is 4.73. The van der Waals surface area contributed by atoms with Crippen LogP contribution in [0.25, 0.3) is 0 Å². The van der Waals surface area contributed by atoms with E-state index in [1.165, 1.54) is 23.1 Å². The molecule has 1 heterocycles. The molecule has 0 bridgehead atoms. The van der Waals surface area contributed by atoms with Crippen LogP contribution >= 0.6 is 23.1 Å². The molecular weight excluding hydrogens is 332 g/mol. The SMILES string of the molecule is CCc1nnc(NC(=O)CSCC(=O)Nc2ccc(C)cc2)s1. The maximum absolute atomic E-state index is 11.8. The van der Waals surface area contributed by atoms with E-state index in [0.717, 1.165) is 22.7 Å². The Bertz CT molecular complexity index is 670. The molecule has 2 rings (SSSR count). The monoisotopic (exact) mass is 350 g/mol. The summed E-state index contributed by atoms with van der Waals surface area (Å²) in [5, 5.41) is 14.7. The summed E-state index contributed by atoms with van der Waals surface area (Å²) >= 11 is 2.62. The Balaban J connectivity index is 1.68. The summed E-state index contributed by atoms with van der Waals surface area (Å²) in [7, 11) is 0. The smallest absolute Gasteiger partial charge is 0.236 e. The van der Waals surface area contributed by atoms with E-state index in [9.17, 15) is 9.59 Å². The van der Waals surface area contributed by atoms with Gasteiger partial charge in [0.15, 0.2) is 0 Å². The number of rotatable bonds is 7. The third kappa shape index (κ3) is 5.99. The van der Waals surface area contributed by atoms with Crippen molar-refractivity contribution in [1.82, 2.24) is 10.2 Å². The van der Waals surface area contributed by atoms with Crippen LogP contribution in [0.1, 0.15) is 17.5 Å². The summed E-state index contributed by atoms with van der Waals surface area (Å²) in [5.74, 6) is 0.104. The second-order valence-electron chi connectivity index (χ2n) is 4.81. The standard InChI is InChI=1S/C15H18N4O2S2/c1-3-14-18-19-15(23-14)17-13(21)9-22-8-12(20)16-11-6-4-10(2)5-7-11/h4-7H,3,8-9H2,1-2H3,(H,16,20)(H,17,19,21). The van der Waals surface area contributed by atoms with Gasteiger partial charge in [0.2, 0.25) is 16.9 Å². The summed E-state index contributed by atoms with van der Waals surface area (Å²) in [6.45, 7) is 3.97. The molecular formula is C15H18N4O2S2. The zero-order chi connectivity index (χ0) is 16.7. The Labute approximate surface area is 143 Å². The van der Waals surface area contributed by atoms with Crippen molar-refractivity contribution in [2.45, 2.75) is 20.3 Å². The largest absolute Gasteiger partial charge is 0.325 e. The van der Waals surface area contributed by atoms with Crippen molar-refractivity contribution < 1.29 is 9.59 Å². The van der Waals surface area contributed by atoms with E-state index < -0.39 is 0 Å². The Hall–Kier alpha value is -1.93. The van der Waals surface area contributed by atoms with E-state index in [-0.39, 0.29) is 23.3 Å². The molecule has 2 aromatic rings. The van der Waals surface area contributed by atoms with E-state index in [1.807, 2.05) is 38.1 Å². The lowest BCUT2D eigenvalue weighted by Gasteiger charge is -2.05. The van der Waals surface area contributed by atoms with Crippen LogP contribution in [0, 0.1) is 6.92 Å². The predicted molar refractivity (Wildman–Crippen MR) is 95.1 cm³/mol. The molecule has 0 aliphatic carbocycles. The molecule has 2 N–H and O–H groups in total. The molecule has 0 radical (unpaired) electrons. The second kappa shape index (κ2) is 8.64. The van der Waals surface area contributed by atoms with Crippen LogP contribution in [0.2, 0.25) is 0 Å². The topological polar surface area (TPSA) is 84.0 Å². The fourth-order valence-corrected chi connectivity index (χ4v) is 2.99. The molecule has 0 fully saturated rings. The van der Waals surface area contributed by atoms with Crippen molar-refractivity contribution in [3.63, 3.8) is 0 Å². The zero-order valence-corrected chi connectivity index (χ0v) is 14.6. The number of thioether (sulfide) groups is 1. The van der Waals surface area contributed by atoms with Gasteiger partial charge < -0.3 is 5.32 Å². The molecule has 0 saturated heterocycles. The lowest BCUT2D eigenvalue weighted by molar-refractivity contribution is -0.114. The molecule has 0 spiro atoms. The molecule has 122 valence electrons. The van der Waals surface area contributed by atoms with Crippen LogP contribution in [0.4, 0.5) is 10.8 Å². The quantitative estimate of drug-likeness (QED) is 0.802. The molecule has 1 aromatic heterocycles. The number of anilines is 2. The third-order valence-electron chi connectivity index (χ3n) is 2.82. The first kappa shape index (κ1) is 17.4. The summed E-state index contributed by atoms with van der Waals surface area (Å²) in [5.41, 5.74) is 1.89. The molecule has 0 saturated carbocycles. The lowest BCUT2D eigenvalue weighted by Crippen LogP contribution is -2.18. The minimum atomic E-state index is -0.183. The van der Waals surface area contributed by atoms with Gasteiger partial charge in [0.1, 0.15) is 5.01 Å². The molecule has 0 aliphatic rings. The van der Waals surface area contributed by atoms with Gasteiger partial charge in [-0.25, -0.2) is 0 Å². The van der Waals surface area contributed by atoms with Crippen molar-refractivity contribution in [3.05, 3.63) is 34.8 Å². The fraction of sp³-hybridized carbons (Fsp3) is 0.333. The molecule has 23 heavy (non-hydrogen) atoms. The Kier molecular flexibility index (Phi) is 6.54. The van der Waals surface area contributed by atoms with E-state index >= 15 is 0 Å². The van der Waals surface area contributed by atoms with E-state index in [0.29, 0.717) is 5.13 Å². The second-order valence-corrected chi connectivity index (χ2v) is 6.86. The normalized spacial score (nSPS) is 10.3. The molecule has 6 nitrogen and oxygen atoms in total. The molecule has 2 amide bonds. The molecule has 8 heteroatoms. The maximum Gasteiger partial charge on any atom is 0.236 e. The van der Waals surface area contributed by atoms with Crippen molar-refractivity contribution in [2.75, 3.05) is 22.1 Å². The van der Waals surface area contributed by atoms with E-state index in [4.69, 9.17) is 0 Å². The van der Waals surface area contributed by atoms with Gasteiger partial charge in [-0.1, -0.05) is 36.0 Å². The zero-order valence-electron chi connectivity index (χ0n) is 13.0. The van der Waals surface area contributed by atoms with Crippen LogP contribution in [-0.2, 0) is 16.0 Å². The van der Waals surface area contributed by atoms with Gasteiger partial charge in [-0.15, -0.1) is 22.0 Å². The molecule has 0 aliphatic heterocycles. The van der Waals surface area contributed by atoms with Crippen LogP contribution < -0.4 is 10.6 Å². The van der Waals surface area contributed by atoms with E-state index in [1.54, 1.807) is 0 Å². The number of carbonyl (C=O) groups is 2. The lowest BCUT2D eigenvalue weighted by atomic mass is 10.2. The highest BCUT2D eigenvalue weighted by atomic mass is 32.2. The van der Waals surface area contributed by atoms with E-state index in [2.05, 4.69) is 20.8 Å². The minimum Gasteiger partial charge on any atom is -0.325 e. The Morgan fingerprint density at radius 3 is 2.35 bits per heavy atom. The van der Waals surface area contributed by atoms with Crippen LogP contribution in [0.5, 0.6) is 0 Å². The number of amides is 2. The van der Waals surface area contributed by atoms with Crippen molar-refractivity contribution in [2.24, 2.45) is 0 Å². The fourth-order valence-electron chi connectivity index (χ4n) is 1.67. The number of nitrogens with one attached hydrogen (secondary N) is 2. The highest BCUT2D eigenvalue weighted by Crippen LogP contribution is 2.16.